The predicted octanol–water partition coefficient (Wildman–Crippen LogP) is 1.04. The number of aromatic nitrogens is 3. The Balaban J connectivity index is 2.05. The molecule has 1 unspecified atom stereocenters. The van der Waals surface area contributed by atoms with Crippen molar-refractivity contribution in [2.24, 2.45) is 0 Å². The number of nitrogens with one attached hydrogen (secondary N) is 2. The van der Waals surface area contributed by atoms with Crippen LogP contribution >= 0.6 is 0 Å². The summed E-state index contributed by atoms with van der Waals surface area (Å²) >= 11 is 0. The molecule has 28 heavy (non-hydrogen) atoms. The number of amides is 1. The molecule has 1 atom stereocenters. The highest BCUT2D eigenvalue weighted by atomic mass is 16.5. The second-order valence-corrected chi connectivity index (χ2v) is 6.52. The maximum atomic E-state index is 12.4. The van der Waals surface area contributed by atoms with E-state index in [9.17, 15) is 14.4 Å². The smallest absolute Gasteiger partial charge is 0.330 e. The lowest BCUT2D eigenvalue weighted by Gasteiger charge is -2.18. The highest BCUT2D eigenvalue weighted by molar-refractivity contribution is 5.93. The third-order valence-electron chi connectivity index (χ3n) is 3.98. The Bertz CT molecular complexity index is 876. The second-order valence-electron chi connectivity index (χ2n) is 6.52. The van der Waals surface area contributed by atoms with Gasteiger partial charge in [0.1, 0.15) is 12.3 Å². The molecule has 0 aliphatic rings. The topological polar surface area (TPSA) is 115 Å². The molecule has 0 saturated carbocycles. The summed E-state index contributed by atoms with van der Waals surface area (Å²) in [4.78, 5) is 42.4. The first-order valence-electron chi connectivity index (χ1n) is 9.14. The minimum atomic E-state index is -0.747. The van der Waals surface area contributed by atoms with E-state index >= 15 is 0 Å². The number of hydrogen-bond acceptors (Lipinski definition) is 6. The van der Waals surface area contributed by atoms with Gasteiger partial charge in [0.25, 0.3) is 11.5 Å². The van der Waals surface area contributed by atoms with Gasteiger partial charge in [-0.2, -0.15) is 0 Å². The Morgan fingerprint density at radius 3 is 2.61 bits per heavy atom. The van der Waals surface area contributed by atoms with E-state index in [4.69, 9.17) is 9.47 Å². The standard InChI is InChI=1S/C19H26N4O5/c1-4-15(11-27-13(2)3)28-12-23-10-16(18(25)22-19(23)26)17(24)21-9-14-5-7-20-8-6-14/h5-8,10,13,15H,4,9,11-12H2,1-3H3,(H,21,24)(H,22,25,26). The predicted molar refractivity (Wildman–Crippen MR) is 103 cm³/mol. The van der Waals surface area contributed by atoms with Crippen molar-refractivity contribution in [3.8, 4) is 0 Å². The maximum Gasteiger partial charge on any atom is 0.330 e. The molecule has 2 heterocycles. The fraction of sp³-hybridized carbons (Fsp3) is 0.474. The number of nitrogens with zero attached hydrogens (tertiary/aromatic N) is 2. The summed E-state index contributed by atoms with van der Waals surface area (Å²) in [7, 11) is 0. The molecule has 9 nitrogen and oxygen atoms in total. The van der Waals surface area contributed by atoms with Gasteiger partial charge in [-0.25, -0.2) is 4.79 Å². The number of carbonyl (C=O) groups is 1. The minimum absolute atomic E-state index is 0.0733. The van der Waals surface area contributed by atoms with Gasteiger partial charge in [0, 0.05) is 25.1 Å². The summed E-state index contributed by atoms with van der Waals surface area (Å²) in [6.07, 6.45) is 5.00. The normalized spacial score (nSPS) is 12.1. The van der Waals surface area contributed by atoms with E-state index in [1.54, 1.807) is 24.5 Å². The van der Waals surface area contributed by atoms with Gasteiger partial charge >= 0.3 is 5.69 Å². The van der Waals surface area contributed by atoms with Gasteiger partial charge in [0.05, 0.1) is 18.8 Å². The Morgan fingerprint density at radius 1 is 1.25 bits per heavy atom. The van der Waals surface area contributed by atoms with Crippen LogP contribution in [0.25, 0.3) is 0 Å². The van der Waals surface area contributed by atoms with E-state index in [1.807, 2.05) is 20.8 Å². The zero-order valence-electron chi connectivity index (χ0n) is 16.3. The monoisotopic (exact) mass is 390 g/mol. The molecule has 152 valence electrons. The van der Waals surface area contributed by atoms with Crippen molar-refractivity contribution in [1.29, 1.82) is 0 Å². The van der Waals surface area contributed by atoms with Crippen LogP contribution in [0.2, 0.25) is 0 Å². The van der Waals surface area contributed by atoms with Crippen LogP contribution in [0.15, 0.2) is 40.3 Å². The molecule has 2 N–H and O–H groups in total. The second kappa shape index (κ2) is 10.5. The third-order valence-corrected chi connectivity index (χ3v) is 3.98. The van der Waals surface area contributed by atoms with E-state index < -0.39 is 17.2 Å². The minimum Gasteiger partial charge on any atom is -0.376 e. The number of rotatable bonds is 10. The lowest BCUT2D eigenvalue weighted by Crippen LogP contribution is -2.37. The van der Waals surface area contributed by atoms with E-state index in [2.05, 4.69) is 15.3 Å². The molecule has 1 amide bonds. The molecule has 0 radical (unpaired) electrons. The molecule has 0 spiro atoms. The molecule has 2 rings (SSSR count). The molecule has 0 aliphatic carbocycles. The van der Waals surface area contributed by atoms with Gasteiger partial charge in [-0.15, -0.1) is 0 Å². The summed E-state index contributed by atoms with van der Waals surface area (Å²) in [6, 6.07) is 3.51. The van der Waals surface area contributed by atoms with Crippen molar-refractivity contribution in [1.82, 2.24) is 19.9 Å². The zero-order valence-corrected chi connectivity index (χ0v) is 16.3. The number of pyridine rings is 1. The van der Waals surface area contributed by atoms with Gasteiger partial charge < -0.3 is 14.8 Å². The fourth-order valence-corrected chi connectivity index (χ4v) is 2.31. The first-order chi connectivity index (χ1) is 13.4. The van der Waals surface area contributed by atoms with Crippen LogP contribution in [0.5, 0.6) is 0 Å². The molecular weight excluding hydrogens is 364 g/mol. The zero-order chi connectivity index (χ0) is 20.5. The Hall–Kier alpha value is -2.78. The third kappa shape index (κ3) is 6.43. The fourth-order valence-electron chi connectivity index (χ4n) is 2.31. The largest absolute Gasteiger partial charge is 0.376 e. The summed E-state index contributed by atoms with van der Waals surface area (Å²) in [5.41, 5.74) is -0.713. The van der Waals surface area contributed by atoms with E-state index in [1.165, 1.54) is 6.20 Å². The van der Waals surface area contributed by atoms with Crippen molar-refractivity contribution in [2.45, 2.75) is 52.7 Å². The van der Waals surface area contributed by atoms with Crippen LogP contribution in [-0.4, -0.2) is 39.3 Å². The average molecular weight is 390 g/mol. The molecule has 9 heteroatoms. The number of ether oxygens (including phenoxy) is 2. The SMILES string of the molecule is CCC(COC(C)C)OCn1cc(C(=O)NCc2ccncc2)c(=O)[nH]c1=O. The molecule has 0 aromatic carbocycles. The summed E-state index contributed by atoms with van der Waals surface area (Å²) < 4.78 is 12.4. The molecule has 0 aliphatic heterocycles. The summed E-state index contributed by atoms with van der Waals surface area (Å²) in [6.45, 7) is 6.33. The summed E-state index contributed by atoms with van der Waals surface area (Å²) in [5.74, 6) is -0.581. The van der Waals surface area contributed by atoms with Gasteiger partial charge in [0.15, 0.2) is 0 Å². The number of H-pyrrole nitrogens is 1. The van der Waals surface area contributed by atoms with Gasteiger partial charge in [-0.1, -0.05) is 6.92 Å². The van der Waals surface area contributed by atoms with Crippen molar-refractivity contribution in [2.75, 3.05) is 6.61 Å². The Morgan fingerprint density at radius 2 is 1.96 bits per heavy atom. The Labute approximate surface area is 162 Å². The van der Waals surface area contributed by atoms with Crippen LogP contribution in [0.4, 0.5) is 0 Å². The first-order valence-corrected chi connectivity index (χ1v) is 9.14. The van der Waals surface area contributed by atoms with E-state index in [0.29, 0.717) is 13.0 Å². The summed E-state index contributed by atoms with van der Waals surface area (Å²) in [5, 5.41) is 2.65. The number of carbonyl (C=O) groups excluding carboxylic acids is 1. The molecule has 0 saturated heterocycles. The number of aromatic amines is 1. The van der Waals surface area contributed by atoms with Gasteiger partial charge in [-0.05, 0) is 38.0 Å². The van der Waals surface area contributed by atoms with Crippen LogP contribution < -0.4 is 16.6 Å². The quantitative estimate of drug-likeness (QED) is 0.626. The van der Waals surface area contributed by atoms with Crippen LogP contribution in [0, 0.1) is 0 Å². The molecule has 0 bridgehead atoms. The first kappa shape index (κ1) is 21.5. The average Bonchev–Trinajstić information content (AvgIpc) is 2.68. The molecule has 2 aromatic heterocycles. The van der Waals surface area contributed by atoms with Gasteiger partial charge in [0.2, 0.25) is 0 Å². The van der Waals surface area contributed by atoms with Crippen LogP contribution in [0.1, 0.15) is 43.1 Å². The van der Waals surface area contributed by atoms with Crippen molar-refractivity contribution < 1.29 is 14.3 Å². The van der Waals surface area contributed by atoms with Crippen molar-refractivity contribution >= 4 is 5.91 Å². The lowest BCUT2D eigenvalue weighted by atomic mass is 10.2. The van der Waals surface area contributed by atoms with Gasteiger partial charge in [-0.3, -0.25) is 24.1 Å². The van der Waals surface area contributed by atoms with Crippen molar-refractivity contribution in [3.05, 3.63) is 62.7 Å². The van der Waals surface area contributed by atoms with E-state index in [-0.39, 0.29) is 31.0 Å². The lowest BCUT2D eigenvalue weighted by molar-refractivity contribution is -0.0608. The maximum absolute atomic E-state index is 12.4. The Kier molecular flexibility index (Phi) is 8.09. The van der Waals surface area contributed by atoms with E-state index in [0.717, 1.165) is 10.1 Å². The van der Waals surface area contributed by atoms with Crippen molar-refractivity contribution in [3.63, 3.8) is 0 Å². The molecule has 2 aromatic rings. The molecule has 0 fully saturated rings. The molecular formula is C19H26N4O5. The highest BCUT2D eigenvalue weighted by Gasteiger charge is 2.14. The number of hydrogen-bond donors (Lipinski definition) is 2. The van der Waals surface area contributed by atoms with Crippen LogP contribution in [0.3, 0.4) is 0 Å². The van der Waals surface area contributed by atoms with Crippen LogP contribution in [-0.2, 0) is 22.7 Å². The highest BCUT2D eigenvalue weighted by Crippen LogP contribution is 2.03.